The smallest absolute Gasteiger partial charge is 0.164 e. The molecule has 0 bridgehead atoms. The second kappa shape index (κ2) is 22.0. The first-order valence-corrected chi connectivity index (χ1v) is 33.6. The molecule has 4 heterocycles. The second-order valence-corrected chi connectivity index (χ2v) is 26.9. The molecule has 0 saturated heterocycles. The van der Waals surface area contributed by atoms with Crippen LogP contribution in [0.15, 0.2) is 303 Å². The number of rotatable bonds is 10. The van der Waals surface area contributed by atoms with Crippen molar-refractivity contribution >= 4 is 43.6 Å². The molecule has 2 aliphatic carbocycles. The summed E-state index contributed by atoms with van der Waals surface area (Å²) >= 11 is 0. The largest absolute Gasteiger partial charge is 0.309 e. The van der Waals surface area contributed by atoms with Gasteiger partial charge in [0.25, 0.3) is 0 Å². The van der Waals surface area contributed by atoms with Crippen molar-refractivity contribution in [2.45, 2.75) is 38.5 Å². The van der Waals surface area contributed by atoms with Crippen LogP contribution in [0.4, 0.5) is 0 Å². The van der Waals surface area contributed by atoms with Gasteiger partial charge in [-0.15, -0.1) is 0 Å². The molecular weight excluding hydrogens is 1190 g/mol. The first-order valence-electron chi connectivity index (χ1n) is 33.6. The van der Waals surface area contributed by atoms with Crippen LogP contribution in [0.2, 0.25) is 0 Å². The summed E-state index contributed by atoms with van der Waals surface area (Å²) in [5.74, 6) is 3.58. The molecule has 0 N–H and O–H groups in total. The van der Waals surface area contributed by atoms with Crippen LogP contribution in [-0.2, 0) is 10.8 Å². The topological polar surface area (TPSA) is 87.2 Å². The number of hydrogen-bond donors (Lipinski definition) is 0. The zero-order valence-electron chi connectivity index (χ0n) is 54.4. The highest BCUT2D eigenvalue weighted by Crippen LogP contribution is 2.56. The van der Waals surface area contributed by atoms with Gasteiger partial charge < -0.3 is 9.13 Å². The summed E-state index contributed by atoms with van der Waals surface area (Å²) in [7, 11) is 0. The Bertz CT molecular complexity index is 5620. The van der Waals surface area contributed by atoms with Crippen molar-refractivity contribution in [2.75, 3.05) is 0 Å². The Balaban J connectivity index is 0.863. The van der Waals surface area contributed by atoms with Crippen molar-refractivity contribution in [2.24, 2.45) is 0 Å². The van der Waals surface area contributed by atoms with Crippen molar-refractivity contribution in [1.29, 1.82) is 0 Å². The molecule has 2 aliphatic rings. The van der Waals surface area contributed by atoms with Crippen molar-refractivity contribution in [3.05, 3.63) is 326 Å². The third kappa shape index (κ3) is 8.84. The second-order valence-electron chi connectivity index (χ2n) is 26.9. The van der Waals surface area contributed by atoms with Crippen LogP contribution in [0.3, 0.4) is 0 Å². The maximum Gasteiger partial charge on any atom is 0.164 e. The number of fused-ring (bicyclic) bond motifs is 14. The zero-order valence-corrected chi connectivity index (χ0v) is 54.4. The van der Waals surface area contributed by atoms with E-state index in [1.165, 1.54) is 66.1 Å². The predicted octanol–water partition coefficient (Wildman–Crippen LogP) is 22.2. The van der Waals surface area contributed by atoms with Gasteiger partial charge in [0.15, 0.2) is 34.9 Å². The van der Waals surface area contributed by atoms with Crippen molar-refractivity contribution in [1.82, 2.24) is 39.0 Å². The van der Waals surface area contributed by atoms with Gasteiger partial charge in [0.2, 0.25) is 0 Å². The molecular formula is C90H62N8. The van der Waals surface area contributed by atoms with E-state index in [9.17, 15) is 0 Å². The number of para-hydroxylation sites is 2. The van der Waals surface area contributed by atoms with E-state index in [2.05, 4.69) is 267 Å². The van der Waals surface area contributed by atoms with Gasteiger partial charge in [-0.1, -0.05) is 289 Å². The average molecular weight is 1260 g/mol. The maximum absolute atomic E-state index is 5.33. The van der Waals surface area contributed by atoms with Crippen LogP contribution in [0.25, 0.3) is 168 Å². The SMILES string of the molecule is CC1(C)c2ccccc2-c2ccc3c(c21)c1ccccc1n3-c1cc(-c2nc(-c3ccccc3)nc(-c3ccccc3)n2)ccc1-c1cccc(-c2ccc(-c3nc(-c4ccccc4)nc(-c4ccccc4)n3)cc2-n2c3ccccc3c3c4c(ccc32)-c2ccccc2C4(C)C)c1. The normalized spacial score (nSPS) is 13.3. The Morgan fingerprint density at radius 3 is 0.908 bits per heavy atom. The molecule has 19 rings (SSSR count). The third-order valence-corrected chi connectivity index (χ3v) is 20.6. The molecule has 0 unspecified atom stereocenters. The Morgan fingerprint density at radius 1 is 0.224 bits per heavy atom. The summed E-state index contributed by atoms with van der Waals surface area (Å²) < 4.78 is 4.98. The van der Waals surface area contributed by atoms with E-state index in [0.717, 1.165) is 89.1 Å². The first kappa shape index (κ1) is 57.0. The Hall–Kier alpha value is -12.5. The minimum absolute atomic E-state index is 0.269. The van der Waals surface area contributed by atoms with Crippen LogP contribution in [0, 0.1) is 0 Å². The van der Waals surface area contributed by atoms with Crippen molar-refractivity contribution in [3.8, 4) is 124 Å². The van der Waals surface area contributed by atoms with Gasteiger partial charge in [0, 0.05) is 76.9 Å². The molecule has 0 amide bonds. The van der Waals surface area contributed by atoms with Crippen LogP contribution < -0.4 is 0 Å². The van der Waals surface area contributed by atoms with Crippen LogP contribution in [-0.4, -0.2) is 39.0 Å². The Labute approximate surface area is 567 Å². The van der Waals surface area contributed by atoms with E-state index in [4.69, 9.17) is 29.9 Å². The maximum atomic E-state index is 5.33. The summed E-state index contributed by atoms with van der Waals surface area (Å²) in [6.45, 7) is 9.54. The molecule has 8 nitrogen and oxygen atoms in total. The molecule has 98 heavy (non-hydrogen) atoms. The summed E-state index contributed by atoms with van der Waals surface area (Å²) in [6, 6.07) is 109. The van der Waals surface area contributed by atoms with Gasteiger partial charge in [-0.25, -0.2) is 29.9 Å². The van der Waals surface area contributed by atoms with E-state index in [1.807, 2.05) is 72.8 Å². The van der Waals surface area contributed by atoms with Gasteiger partial charge in [0.1, 0.15) is 0 Å². The molecule has 0 aliphatic heterocycles. The fourth-order valence-corrected chi connectivity index (χ4v) is 16.1. The van der Waals surface area contributed by atoms with E-state index in [0.29, 0.717) is 34.9 Å². The van der Waals surface area contributed by atoms with Gasteiger partial charge in [0.05, 0.1) is 33.4 Å². The number of nitrogens with zero attached hydrogens (tertiary/aromatic N) is 8. The Kier molecular flexibility index (Phi) is 12.8. The lowest BCUT2D eigenvalue weighted by Crippen LogP contribution is -2.15. The lowest BCUT2D eigenvalue weighted by Gasteiger charge is -2.23. The molecule has 0 fully saturated rings. The van der Waals surface area contributed by atoms with Crippen molar-refractivity contribution in [3.63, 3.8) is 0 Å². The van der Waals surface area contributed by atoms with Crippen LogP contribution in [0.1, 0.15) is 49.9 Å². The standard InChI is InChI=1S/C90H62N8/c1-89(2)71-40-21-17-36-65(71)67-48-50-75-79(81(67)89)69-38-19-23-42-73(69)97(75)77-53-61(87-93-83(55-26-9-5-10-27-55)91-84(94-87)56-28-11-6-12-29-56)44-46-63(77)59-34-25-35-60(52-59)64-47-45-62(88-95-85(57-30-13-7-14-31-57)92-86(96-88)58-32-15-8-16-33-58)54-78(64)98-74-43-24-20-39-70(74)80-76(98)51-49-68-66-37-18-22-41-72(66)90(3,4)82(68)80/h5-54H,1-4H3. The Morgan fingerprint density at radius 2 is 0.531 bits per heavy atom. The summed E-state index contributed by atoms with van der Waals surface area (Å²) in [6.07, 6.45) is 0. The predicted molar refractivity (Wildman–Crippen MR) is 401 cm³/mol. The zero-order chi connectivity index (χ0) is 65.4. The fraction of sp³-hybridized carbons (Fsp3) is 0.0667. The minimum atomic E-state index is -0.269. The molecule has 4 aromatic heterocycles. The lowest BCUT2D eigenvalue weighted by atomic mass is 9.80. The molecule has 0 spiro atoms. The molecule has 0 radical (unpaired) electrons. The number of aromatic nitrogens is 8. The molecule has 0 atom stereocenters. The average Bonchev–Trinajstić information content (AvgIpc) is 1.54. The highest BCUT2D eigenvalue weighted by molar-refractivity contribution is 6.16. The van der Waals surface area contributed by atoms with Crippen LogP contribution in [0.5, 0.6) is 0 Å². The molecule has 17 aromatic rings. The quantitative estimate of drug-likeness (QED) is 0.136. The molecule has 8 heteroatoms. The van der Waals surface area contributed by atoms with E-state index in [1.54, 1.807) is 0 Å². The monoisotopic (exact) mass is 1250 g/mol. The van der Waals surface area contributed by atoms with Gasteiger partial charge in [-0.2, -0.15) is 0 Å². The highest BCUT2D eigenvalue weighted by atomic mass is 15.1. The van der Waals surface area contributed by atoms with Crippen molar-refractivity contribution < 1.29 is 0 Å². The van der Waals surface area contributed by atoms with E-state index < -0.39 is 0 Å². The van der Waals surface area contributed by atoms with E-state index in [-0.39, 0.29) is 10.8 Å². The fourth-order valence-electron chi connectivity index (χ4n) is 16.1. The van der Waals surface area contributed by atoms with Gasteiger partial charge in [-0.3, -0.25) is 0 Å². The van der Waals surface area contributed by atoms with E-state index >= 15 is 0 Å². The summed E-state index contributed by atoms with van der Waals surface area (Å²) in [5.41, 5.74) is 26.0. The first-order chi connectivity index (χ1) is 48.1. The lowest BCUT2D eigenvalue weighted by molar-refractivity contribution is 0.666. The molecule has 462 valence electrons. The molecule has 13 aromatic carbocycles. The highest BCUT2D eigenvalue weighted by Gasteiger charge is 2.40. The number of benzene rings is 13. The van der Waals surface area contributed by atoms with Crippen LogP contribution >= 0.6 is 0 Å². The molecule has 0 saturated carbocycles. The number of hydrogen-bond acceptors (Lipinski definition) is 6. The van der Waals surface area contributed by atoms with Gasteiger partial charge in [-0.05, 0) is 98.1 Å². The van der Waals surface area contributed by atoms with Gasteiger partial charge >= 0.3 is 0 Å². The minimum Gasteiger partial charge on any atom is -0.309 e. The summed E-state index contributed by atoms with van der Waals surface area (Å²) in [4.78, 5) is 31.6. The third-order valence-electron chi connectivity index (χ3n) is 20.6. The summed E-state index contributed by atoms with van der Waals surface area (Å²) in [5, 5.41) is 4.89.